The first-order chi connectivity index (χ1) is 5.27. The van der Waals surface area contributed by atoms with E-state index < -0.39 is 0 Å². The number of hydrogen-bond acceptors (Lipinski definition) is 5. The van der Waals surface area contributed by atoms with Gasteiger partial charge in [0, 0.05) is 0 Å². The van der Waals surface area contributed by atoms with E-state index in [1.807, 2.05) is 0 Å². The van der Waals surface area contributed by atoms with E-state index in [2.05, 4.69) is 20.6 Å². The van der Waals surface area contributed by atoms with Crippen molar-refractivity contribution < 1.29 is 4.79 Å². The fraction of sp³-hybridized carbons (Fsp3) is 0.200. The zero-order valence-corrected chi connectivity index (χ0v) is 5.53. The third-order valence-corrected chi connectivity index (χ3v) is 1.44. The number of guanidine groups is 1. The molecule has 0 aromatic heterocycles. The summed E-state index contributed by atoms with van der Waals surface area (Å²) in [6.45, 7) is 0. The van der Waals surface area contributed by atoms with Crippen LogP contribution in [0.2, 0.25) is 0 Å². The minimum absolute atomic E-state index is 0.127. The molecule has 57 valence electrons. The lowest BCUT2D eigenvalue weighted by Gasteiger charge is -2.18. The van der Waals surface area contributed by atoms with Crippen LogP contribution in [0.1, 0.15) is 0 Å². The van der Waals surface area contributed by atoms with Crippen molar-refractivity contribution in [1.82, 2.24) is 10.6 Å². The number of aliphatic imine (C=N–C) groups is 2. The first kappa shape index (κ1) is 6.14. The maximum Gasteiger partial charge on any atom is 0.262 e. The molecule has 2 aliphatic rings. The predicted octanol–water partition coefficient (Wildman–Crippen LogP) is -2.08. The first-order valence-corrected chi connectivity index (χ1v) is 3.07. The topological polar surface area (TPSA) is 91.9 Å². The van der Waals surface area contributed by atoms with Crippen LogP contribution in [0.4, 0.5) is 0 Å². The average molecular weight is 152 g/mol. The van der Waals surface area contributed by atoms with E-state index in [1.54, 1.807) is 0 Å². The lowest BCUT2D eigenvalue weighted by atomic mass is 10.2. The molecule has 4 N–H and O–H groups in total. The Morgan fingerprint density at radius 1 is 1.64 bits per heavy atom. The summed E-state index contributed by atoms with van der Waals surface area (Å²) in [5.41, 5.74) is 5.29. The van der Waals surface area contributed by atoms with Crippen molar-refractivity contribution in [2.75, 3.05) is 0 Å². The molecule has 0 aromatic rings. The number of nitrogens with zero attached hydrogens (tertiary/aromatic N) is 2. The quantitative estimate of drug-likeness (QED) is 0.372. The van der Waals surface area contributed by atoms with Crippen LogP contribution < -0.4 is 16.4 Å². The van der Waals surface area contributed by atoms with Crippen molar-refractivity contribution in [1.29, 1.82) is 0 Å². The van der Waals surface area contributed by atoms with E-state index in [9.17, 15) is 4.79 Å². The molecule has 1 radical (unpaired) electrons. The Bertz CT molecular complexity index is 258. The predicted molar refractivity (Wildman–Crippen MR) is 38.4 cm³/mol. The molecule has 0 aromatic carbocycles. The van der Waals surface area contributed by atoms with Crippen LogP contribution in [0, 0.1) is 6.04 Å². The zero-order chi connectivity index (χ0) is 7.84. The number of hydrogen-bond donors (Lipinski definition) is 3. The SMILES string of the molecule is NC1=NC2NC=N[C]2C(=O)N1. The molecule has 2 aliphatic heterocycles. The fourth-order valence-electron chi connectivity index (χ4n) is 0.960. The number of rotatable bonds is 0. The van der Waals surface area contributed by atoms with Crippen molar-refractivity contribution in [3.63, 3.8) is 0 Å². The molecule has 2 heterocycles. The second-order valence-corrected chi connectivity index (χ2v) is 2.18. The molecule has 0 saturated heterocycles. The summed E-state index contributed by atoms with van der Waals surface area (Å²) in [5.74, 6) is -0.162. The van der Waals surface area contributed by atoms with Gasteiger partial charge in [0.2, 0.25) is 6.04 Å². The first-order valence-electron chi connectivity index (χ1n) is 3.07. The van der Waals surface area contributed by atoms with Gasteiger partial charge in [0.25, 0.3) is 5.91 Å². The molecule has 11 heavy (non-hydrogen) atoms. The maximum atomic E-state index is 11.0. The number of nitrogens with one attached hydrogen (secondary N) is 2. The van der Waals surface area contributed by atoms with Crippen molar-refractivity contribution in [2.45, 2.75) is 6.17 Å². The third kappa shape index (κ3) is 0.830. The van der Waals surface area contributed by atoms with E-state index in [0.717, 1.165) is 0 Å². The summed E-state index contributed by atoms with van der Waals surface area (Å²) in [5, 5.41) is 5.11. The standard InChI is InChI=1S/C5H6N5O/c6-5-9-3-2(4(11)10-5)7-1-8-3/h1,3H,(H,7,8)(H3,6,9,10,11). The number of carbonyl (C=O) groups excluding carboxylic acids is 1. The van der Waals surface area contributed by atoms with E-state index in [4.69, 9.17) is 5.73 Å². The molecule has 1 unspecified atom stereocenters. The van der Waals surface area contributed by atoms with Gasteiger partial charge in [-0.2, -0.15) is 0 Å². The summed E-state index contributed by atoms with van der Waals surface area (Å²) in [4.78, 5) is 18.7. The highest BCUT2D eigenvalue weighted by molar-refractivity contribution is 6.07. The lowest BCUT2D eigenvalue weighted by Crippen LogP contribution is -2.49. The molecule has 0 bridgehead atoms. The Hall–Kier alpha value is -1.59. The maximum absolute atomic E-state index is 11.0. The minimum atomic E-state index is -0.385. The molecule has 6 nitrogen and oxygen atoms in total. The van der Waals surface area contributed by atoms with Crippen LogP contribution in [0.5, 0.6) is 0 Å². The van der Waals surface area contributed by atoms with Gasteiger partial charge in [-0.15, -0.1) is 0 Å². The molecule has 0 aliphatic carbocycles. The van der Waals surface area contributed by atoms with Crippen molar-refractivity contribution in [3.05, 3.63) is 6.04 Å². The van der Waals surface area contributed by atoms with Crippen LogP contribution >= 0.6 is 0 Å². The molecule has 0 spiro atoms. The van der Waals surface area contributed by atoms with Crippen LogP contribution in [0.25, 0.3) is 0 Å². The largest absolute Gasteiger partial charge is 0.370 e. The second-order valence-electron chi connectivity index (χ2n) is 2.18. The summed E-state index contributed by atoms with van der Waals surface area (Å²) in [6.07, 6.45) is 1.05. The van der Waals surface area contributed by atoms with Crippen LogP contribution in [0.15, 0.2) is 9.98 Å². The molecule has 1 amide bonds. The molecular weight excluding hydrogens is 146 g/mol. The van der Waals surface area contributed by atoms with Crippen LogP contribution in [0.3, 0.4) is 0 Å². The van der Waals surface area contributed by atoms with E-state index in [0.29, 0.717) is 6.04 Å². The van der Waals surface area contributed by atoms with Gasteiger partial charge in [0.1, 0.15) is 0 Å². The second kappa shape index (κ2) is 1.94. The highest BCUT2D eigenvalue weighted by Gasteiger charge is 2.35. The van der Waals surface area contributed by atoms with E-state index in [-0.39, 0.29) is 18.0 Å². The zero-order valence-electron chi connectivity index (χ0n) is 5.53. The smallest absolute Gasteiger partial charge is 0.262 e. The average Bonchev–Trinajstić information content (AvgIpc) is 2.34. The van der Waals surface area contributed by atoms with E-state index >= 15 is 0 Å². The van der Waals surface area contributed by atoms with Gasteiger partial charge in [-0.25, -0.2) is 4.99 Å². The molecule has 0 fully saturated rings. The molecule has 0 saturated carbocycles. The fourth-order valence-corrected chi connectivity index (χ4v) is 0.960. The van der Waals surface area contributed by atoms with Crippen molar-refractivity contribution in [2.24, 2.45) is 15.7 Å². The van der Waals surface area contributed by atoms with E-state index in [1.165, 1.54) is 6.34 Å². The minimum Gasteiger partial charge on any atom is -0.370 e. The summed E-state index contributed by atoms with van der Waals surface area (Å²) in [6, 6.07) is 0.360. The molecular formula is C5H6N5O. The van der Waals surface area contributed by atoms with Crippen LogP contribution in [-0.2, 0) is 4.79 Å². The van der Waals surface area contributed by atoms with Gasteiger partial charge in [-0.05, 0) is 0 Å². The summed E-state index contributed by atoms with van der Waals surface area (Å²) < 4.78 is 0. The van der Waals surface area contributed by atoms with Gasteiger partial charge in [0.05, 0.1) is 6.34 Å². The van der Waals surface area contributed by atoms with Gasteiger partial charge < -0.3 is 11.1 Å². The normalized spacial score (nSPS) is 28.9. The Morgan fingerprint density at radius 3 is 3.27 bits per heavy atom. The Morgan fingerprint density at radius 2 is 2.45 bits per heavy atom. The number of nitrogens with two attached hydrogens (primary N) is 1. The van der Waals surface area contributed by atoms with Gasteiger partial charge >= 0.3 is 0 Å². The van der Waals surface area contributed by atoms with Gasteiger partial charge in [0.15, 0.2) is 12.1 Å². The Balaban J connectivity index is 2.30. The van der Waals surface area contributed by atoms with Crippen LogP contribution in [-0.4, -0.2) is 24.4 Å². The van der Waals surface area contributed by atoms with Crippen molar-refractivity contribution in [3.8, 4) is 0 Å². The molecule has 1 atom stereocenters. The monoisotopic (exact) mass is 152 g/mol. The van der Waals surface area contributed by atoms with Crippen molar-refractivity contribution >= 4 is 18.2 Å². The summed E-state index contributed by atoms with van der Waals surface area (Å²) >= 11 is 0. The Kier molecular flexibility index (Phi) is 1.09. The third-order valence-electron chi connectivity index (χ3n) is 1.44. The summed E-state index contributed by atoms with van der Waals surface area (Å²) in [7, 11) is 0. The van der Waals surface area contributed by atoms with Gasteiger partial charge in [-0.1, -0.05) is 0 Å². The highest BCUT2D eigenvalue weighted by Crippen LogP contribution is 2.16. The number of amides is 1. The van der Waals surface area contributed by atoms with Gasteiger partial charge in [-0.3, -0.25) is 15.1 Å². The number of carbonyl (C=O) groups is 1. The molecule has 6 heteroatoms. The molecule has 2 rings (SSSR count). The number of fused-ring (bicyclic) bond motifs is 1. The highest BCUT2D eigenvalue weighted by atomic mass is 16.2. The lowest BCUT2D eigenvalue weighted by molar-refractivity contribution is -0.118. The Labute approximate surface area is 62.6 Å².